The molecule has 1 aliphatic heterocycles. The zero-order chi connectivity index (χ0) is 14.8. The van der Waals surface area contributed by atoms with Crippen molar-refractivity contribution in [2.24, 2.45) is 0 Å². The number of nitrogens with one attached hydrogen (secondary N) is 1. The molecule has 0 atom stereocenters. The van der Waals surface area contributed by atoms with Gasteiger partial charge in [0.2, 0.25) is 0 Å². The van der Waals surface area contributed by atoms with Crippen molar-refractivity contribution in [2.45, 2.75) is 0 Å². The van der Waals surface area contributed by atoms with Gasteiger partial charge in [0.15, 0.2) is 0 Å². The molecule has 0 aliphatic carbocycles. The molecule has 0 bridgehead atoms. The van der Waals surface area contributed by atoms with Gasteiger partial charge >= 0.3 is 0 Å². The highest BCUT2D eigenvalue weighted by Gasteiger charge is 2.19. The second-order valence-corrected chi connectivity index (χ2v) is 5.66. The molecule has 1 saturated heterocycles. The number of carbonyl (C=O) groups is 1. The zero-order valence-electron chi connectivity index (χ0n) is 11.6. The Bertz CT molecular complexity index is 668. The molecule has 0 saturated carbocycles. The Morgan fingerprint density at radius 3 is 2.64 bits per heavy atom. The van der Waals surface area contributed by atoms with Gasteiger partial charge < -0.3 is 10.2 Å². The first-order valence-electron chi connectivity index (χ1n) is 6.65. The number of piperazine rings is 1. The first-order chi connectivity index (χ1) is 10.1. The van der Waals surface area contributed by atoms with Crippen molar-refractivity contribution >= 4 is 41.5 Å². The number of hydrogen-bond donors (Lipinski definition) is 1. The van der Waals surface area contributed by atoms with Crippen molar-refractivity contribution in [1.29, 1.82) is 0 Å². The molecule has 3 rings (SSSR count). The van der Waals surface area contributed by atoms with Crippen molar-refractivity contribution in [3.63, 3.8) is 0 Å². The molecule has 1 aromatic carbocycles. The lowest BCUT2D eigenvalue weighted by atomic mass is 10.2. The van der Waals surface area contributed by atoms with Crippen LogP contribution in [0.3, 0.4) is 0 Å². The highest BCUT2D eigenvalue weighted by Crippen LogP contribution is 2.24. The Balaban J connectivity index is 0.00000176. The van der Waals surface area contributed by atoms with Crippen LogP contribution in [0.25, 0.3) is 5.69 Å². The third-order valence-corrected chi connectivity index (χ3v) is 3.93. The molecule has 2 heterocycles. The summed E-state index contributed by atoms with van der Waals surface area (Å²) in [5.41, 5.74) is 1.25. The van der Waals surface area contributed by atoms with Crippen LogP contribution in [-0.2, 0) is 0 Å². The number of hydrogen-bond acceptors (Lipinski definition) is 3. The van der Waals surface area contributed by atoms with Crippen LogP contribution in [0.2, 0.25) is 10.0 Å². The second kappa shape index (κ2) is 7.33. The molecule has 5 nitrogen and oxygen atoms in total. The molecule has 0 radical (unpaired) electrons. The van der Waals surface area contributed by atoms with Crippen LogP contribution in [0, 0.1) is 0 Å². The predicted octanol–water partition coefficient (Wildman–Crippen LogP) is 2.65. The van der Waals surface area contributed by atoms with Gasteiger partial charge in [0.1, 0.15) is 0 Å². The Labute approximate surface area is 144 Å². The molecule has 1 N–H and O–H groups in total. The maximum atomic E-state index is 12.4. The van der Waals surface area contributed by atoms with Crippen molar-refractivity contribution in [3.05, 3.63) is 46.2 Å². The number of nitrogens with zero attached hydrogens (tertiary/aromatic N) is 3. The summed E-state index contributed by atoms with van der Waals surface area (Å²) in [7, 11) is 0. The lowest BCUT2D eigenvalue weighted by Gasteiger charge is -2.26. The van der Waals surface area contributed by atoms with Crippen LogP contribution in [0.1, 0.15) is 10.4 Å². The number of amides is 1. The van der Waals surface area contributed by atoms with E-state index < -0.39 is 0 Å². The van der Waals surface area contributed by atoms with Gasteiger partial charge in [0.05, 0.1) is 22.5 Å². The Hall–Kier alpha value is -1.27. The quantitative estimate of drug-likeness (QED) is 0.894. The van der Waals surface area contributed by atoms with E-state index in [0.29, 0.717) is 34.4 Å². The molecule has 118 valence electrons. The summed E-state index contributed by atoms with van der Waals surface area (Å²) in [4.78, 5) is 14.2. The minimum atomic E-state index is -0.00663. The van der Waals surface area contributed by atoms with Crippen molar-refractivity contribution in [2.75, 3.05) is 26.2 Å². The van der Waals surface area contributed by atoms with Gasteiger partial charge in [-0.25, -0.2) is 4.68 Å². The number of rotatable bonds is 2. The summed E-state index contributed by atoms with van der Waals surface area (Å²) in [5.74, 6) is -0.00663. The van der Waals surface area contributed by atoms with Crippen LogP contribution < -0.4 is 5.32 Å². The molecule has 1 aromatic heterocycles. The van der Waals surface area contributed by atoms with E-state index in [1.807, 2.05) is 4.90 Å². The minimum absolute atomic E-state index is 0. The van der Waals surface area contributed by atoms with Gasteiger partial charge in [0, 0.05) is 37.4 Å². The molecular formula is C14H15Cl3N4O. The number of aromatic nitrogens is 2. The average molecular weight is 362 g/mol. The third-order valence-electron chi connectivity index (χ3n) is 3.39. The molecule has 1 amide bonds. The fourth-order valence-electron chi connectivity index (χ4n) is 2.28. The zero-order valence-corrected chi connectivity index (χ0v) is 14.0. The molecule has 22 heavy (non-hydrogen) atoms. The smallest absolute Gasteiger partial charge is 0.257 e. The fraction of sp³-hybridized carbons (Fsp3) is 0.286. The fourth-order valence-corrected chi connectivity index (χ4v) is 2.78. The van der Waals surface area contributed by atoms with E-state index in [4.69, 9.17) is 23.2 Å². The predicted molar refractivity (Wildman–Crippen MR) is 89.6 cm³/mol. The second-order valence-electron chi connectivity index (χ2n) is 4.81. The van der Waals surface area contributed by atoms with E-state index in [0.717, 1.165) is 13.1 Å². The van der Waals surface area contributed by atoms with Crippen LogP contribution >= 0.6 is 35.6 Å². The minimum Gasteiger partial charge on any atom is -0.336 e. The largest absolute Gasteiger partial charge is 0.336 e. The molecule has 0 unspecified atom stereocenters. The number of benzene rings is 1. The maximum Gasteiger partial charge on any atom is 0.257 e. The van der Waals surface area contributed by atoms with E-state index in [1.165, 1.54) is 0 Å². The standard InChI is InChI=1S/C14H14Cl2N4O.ClH/c15-11-1-2-13(12(16)7-11)20-9-10(8-18-20)14(21)19-5-3-17-4-6-19;/h1-2,7-9,17H,3-6H2;1H. The topological polar surface area (TPSA) is 50.2 Å². The van der Waals surface area contributed by atoms with Gasteiger partial charge in [-0.05, 0) is 18.2 Å². The molecule has 0 spiro atoms. The lowest BCUT2D eigenvalue weighted by Crippen LogP contribution is -2.46. The van der Waals surface area contributed by atoms with E-state index in [-0.39, 0.29) is 18.3 Å². The van der Waals surface area contributed by atoms with Crippen molar-refractivity contribution in [1.82, 2.24) is 20.0 Å². The van der Waals surface area contributed by atoms with E-state index in [2.05, 4.69) is 10.4 Å². The molecule has 2 aromatic rings. The summed E-state index contributed by atoms with van der Waals surface area (Å²) in [6, 6.07) is 5.16. The normalized spacial score (nSPS) is 14.5. The van der Waals surface area contributed by atoms with E-state index >= 15 is 0 Å². The van der Waals surface area contributed by atoms with Gasteiger partial charge in [-0.15, -0.1) is 12.4 Å². The summed E-state index contributed by atoms with van der Waals surface area (Å²) < 4.78 is 1.59. The Kier molecular flexibility index (Phi) is 5.69. The summed E-state index contributed by atoms with van der Waals surface area (Å²) in [5, 5.41) is 8.49. The first kappa shape index (κ1) is 17.1. The first-order valence-corrected chi connectivity index (χ1v) is 7.41. The number of halogens is 3. The van der Waals surface area contributed by atoms with E-state index in [9.17, 15) is 4.79 Å². The van der Waals surface area contributed by atoms with Crippen molar-refractivity contribution in [3.8, 4) is 5.69 Å². The lowest BCUT2D eigenvalue weighted by molar-refractivity contribution is 0.0736. The Morgan fingerprint density at radius 1 is 1.23 bits per heavy atom. The van der Waals surface area contributed by atoms with Crippen LogP contribution in [0.5, 0.6) is 0 Å². The van der Waals surface area contributed by atoms with Gasteiger partial charge in [-0.2, -0.15) is 5.10 Å². The molecule has 1 fully saturated rings. The molecular weight excluding hydrogens is 347 g/mol. The number of carbonyl (C=O) groups excluding carboxylic acids is 1. The van der Waals surface area contributed by atoms with Crippen LogP contribution in [0.15, 0.2) is 30.6 Å². The average Bonchev–Trinajstić information content (AvgIpc) is 2.97. The van der Waals surface area contributed by atoms with E-state index in [1.54, 1.807) is 35.3 Å². The van der Waals surface area contributed by atoms with Crippen LogP contribution in [-0.4, -0.2) is 46.8 Å². The maximum absolute atomic E-state index is 12.4. The van der Waals surface area contributed by atoms with Gasteiger partial charge in [-0.1, -0.05) is 23.2 Å². The van der Waals surface area contributed by atoms with Crippen LogP contribution in [0.4, 0.5) is 0 Å². The Morgan fingerprint density at radius 2 is 1.95 bits per heavy atom. The molecule has 8 heteroatoms. The summed E-state index contributed by atoms with van der Waals surface area (Å²) in [6.07, 6.45) is 3.26. The van der Waals surface area contributed by atoms with Gasteiger partial charge in [-0.3, -0.25) is 4.79 Å². The van der Waals surface area contributed by atoms with Gasteiger partial charge in [0.25, 0.3) is 5.91 Å². The third kappa shape index (κ3) is 3.55. The SMILES string of the molecule is Cl.O=C(c1cnn(-c2ccc(Cl)cc2Cl)c1)N1CCNCC1. The summed E-state index contributed by atoms with van der Waals surface area (Å²) in [6.45, 7) is 3.07. The highest BCUT2D eigenvalue weighted by atomic mass is 35.5. The molecule has 1 aliphatic rings. The van der Waals surface area contributed by atoms with Crippen molar-refractivity contribution < 1.29 is 4.79 Å². The highest BCUT2D eigenvalue weighted by molar-refractivity contribution is 6.35. The monoisotopic (exact) mass is 360 g/mol. The summed E-state index contributed by atoms with van der Waals surface area (Å²) >= 11 is 12.0.